The van der Waals surface area contributed by atoms with Crippen LogP contribution in [-0.4, -0.2) is 103 Å². The first-order valence-corrected chi connectivity index (χ1v) is 15.0. The summed E-state index contributed by atoms with van der Waals surface area (Å²) in [5.74, 6) is 0.701. The molecule has 1 unspecified atom stereocenters. The molecule has 11 heteroatoms. The van der Waals surface area contributed by atoms with Gasteiger partial charge in [-0.3, -0.25) is 0 Å². The number of likely N-dealkylation sites (tertiary alicyclic amines) is 1. The number of likely N-dealkylation sites (N-methyl/N-ethyl adjacent to an activating group) is 1. The van der Waals surface area contributed by atoms with Gasteiger partial charge in [0.05, 0.1) is 62.3 Å². The van der Waals surface area contributed by atoms with Crippen molar-refractivity contribution in [1.82, 2.24) is 14.5 Å². The molecule has 3 aliphatic heterocycles. The van der Waals surface area contributed by atoms with Crippen molar-refractivity contribution in [2.24, 2.45) is 5.92 Å². The van der Waals surface area contributed by atoms with E-state index in [9.17, 15) is 14.5 Å². The number of hydrogen-bond donors (Lipinski definition) is 2. The number of nitrogens with one attached hydrogen (secondary N) is 1. The highest BCUT2D eigenvalue weighted by molar-refractivity contribution is 7.89. The van der Waals surface area contributed by atoms with Gasteiger partial charge in [-0.1, -0.05) is 30.3 Å². The Labute approximate surface area is 238 Å². The predicted octanol–water partition coefficient (Wildman–Crippen LogP) is 2.18. The molecule has 40 heavy (non-hydrogen) atoms. The monoisotopic (exact) mass is 573 g/mol. The van der Waals surface area contributed by atoms with Crippen molar-refractivity contribution < 1.29 is 33.4 Å². The van der Waals surface area contributed by atoms with Gasteiger partial charge in [0.25, 0.3) is 0 Å². The van der Waals surface area contributed by atoms with Crippen LogP contribution in [0.1, 0.15) is 18.4 Å². The summed E-state index contributed by atoms with van der Waals surface area (Å²) in [6, 6.07) is 16.1. The molecular weight excluding hydrogens is 534 g/mol. The minimum atomic E-state index is -1.52. The number of carbonyl (C=O) groups excluding carboxylic acids is 1. The summed E-state index contributed by atoms with van der Waals surface area (Å²) in [6.07, 6.45) is -0.338. The van der Waals surface area contributed by atoms with Crippen molar-refractivity contribution in [1.29, 1.82) is 0 Å². The van der Waals surface area contributed by atoms with E-state index in [1.54, 1.807) is 31.4 Å². The lowest BCUT2D eigenvalue weighted by Gasteiger charge is -2.33. The molecule has 7 atom stereocenters. The van der Waals surface area contributed by atoms with Gasteiger partial charge in [0, 0.05) is 6.54 Å². The van der Waals surface area contributed by atoms with E-state index in [1.165, 1.54) is 0 Å². The largest absolute Gasteiger partial charge is 0.593 e. The van der Waals surface area contributed by atoms with Crippen LogP contribution in [0.15, 0.2) is 59.5 Å². The third-order valence-corrected chi connectivity index (χ3v) is 9.47. The molecule has 10 nitrogen and oxygen atoms in total. The summed E-state index contributed by atoms with van der Waals surface area (Å²) in [4.78, 5) is 15.9. The number of rotatable bonds is 11. The van der Waals surface area contributed by atoms with Crippen molar-refractivity contribution >= 4 is 17.5 Å². The second-order valence-corrected chi connectivity index (χ2v) is 12.1. The number of carbonyl (C=O) groups is 1. The Balaban J connectivity index is 1.31. The van der Waals surface area contributed by atoms with E-state index in [2.05, 4.69) is 10.2 Å². The van der Waals surface area contributed by atoms with Crippen molar-refractivity contribution in [3.63, 3.8) is 0 Å². The van der Waals surface area contributed by atoms with Gasteiger partial charge in [-0.15, -0.1) is 4.31 Å². The average Bonchev–Trinajstić information content (AvgIpc) is 3.70. The van der Waals surface area contributed by atoms with Crippen LogP contribution in [0, 0.1) is 5.92 Å². The average molecular weight is 574 g/mol. The molecule has 3 heterocycles. The Kier molecular flexibility index (Phi) is 9.84. The van der Waals surface area contributed by atoms with E-state index in [-0.39, 0.29) is 24.8 Å². The quantitative estimate of drug-likeness (QED) is 0.390. The topological polar surface area (TPSA) is 116 Å². The number of aliphatic hydroxyl groups excluding tert-OH is 1. The van der Waals surface area contributed by atoms with Crippen LogP contribution in [-0.2, 0) is 32.0 Å². The SMILES string of the molecule is COc1ccc([S+]([O-])N(C[C@@H](O)[C@H](Cc2ccccc2)NC(=O)O[C@H]2CO[C@H]3OCC[C@H]32)[C@@H]2CCN(C)C2)cc1. The van der Waals surface area contributed by atoms with Gasteiger partial charge in [0.2, 0.25) is 0 Å². The normalized spacial score (nSPS) is 26.8. The van der Waals surface area contributed by atoms with Gasteiger partial charge in [0.15, 0.2) is 11.2 Å². The molecule has 5 rings (SSSR count). The molecule has 0 aromatic heterocycles. The van der Waals surface area contributed by atoms with Crippen LogP contribution in [0.25, 0.3) is 0 Å². The van der Waals surface area contributed by atoms with Gasteiger partial charge in [-0.05, 0) is 62.7 Å². The molecular formula is C29H39N3O7S. The molecule has 3 saturated heterocycles. The van der Waals surface area contributed by atoms with E-state index in [0.717, 1.165) is 31.5 Å². The van der Waals surface area contributed by atoms with Crippen molar-refractivity contribution in [2.45, 2.75) is 54.7 Å². The van der Waals surface area contributed by atoms with Crippen LogP contribution in [0.4, 0.5) is 4.79 Å². The molecule has 1 amide bonds. The third-order valence-electron chi connectivity index (χ3n) is 7.92. The number of hydrogen-bond acceptors (Lipinski definition) is 9. The van der Waals surface area contributed by atoms with E-state index in [4.69, 9.17) is 18.9 Å². The standard InChI is InChI=1S/C29H39N3O7S/c1-31-14-12-21(17-31)32(40(35)23-10-8-22(36-2)9-11-23)18-26(33)25(16-20-6-4-3-5-7-20)30-29(34)39-27-19-38-28-24(27)13-15-37-28/h3-11,21,24-28,33H,12-19H2,1-2H3,(H,30,34)/t21-,24+,25+,26-,27+,28-,40?/m1/s1. The Morgan fingerprint density at radius 1 is 1.20 bits per heavy atom. The van der Waals surface area contributed by atoms with Gasteiger partial charge < -0.3 is 38.8 Å². The van der Waals surface area contributed by atoms with Crippen molar-refractivity contribution in [3.8, 4) is 5.75 Å². The van der Waals surface area contributed by atoms with Gasteiger partial charge in [-0.2, -0.15) is 0 Å². The van der Waals surface area contributed by atoms with Gasteiger partial charge >= 0.3 is 6.09 Å². The fraction of sp³-hybridized carbons (Fsp3) is 0.552. The number of methoxy groups -OCH3 is 1. The maximum atomic E-state index is 13.8. The lowest BCUT2D eigenvalue weighted by Crippen LogP contribution is -2.53. The number of amides is 1. The first-order chi connectivity index (χ1) is 19.4. The zero-order chi connectivity index (χ0) is 28.1. The Morgan fingerprint density at radius 2 is 1.98 bits per heavy atom. The molecule has 218 valence electrons. The minimum Gasteiger partial charge on any atom is -0.593 e. The predicted molar refractivity (Wildman–Crippen MR) is 149 cm³/mol. The molecule has 0 bridgehead atoms. The first-order valence-electron chi connectivity index (χ1n) is 13.8. The molecule has 0 aliphatic carbocycles. The van der Waals surface area contributed by atoms with Crippen LogP contribution >= 0.6 is 0 Å². The van der Waals surface area contributed by atoms with Gasteiger partial charge in [-0.25, -0.2) is 4.79 Å². The highest BCUT2D eigenvalue weighted by Gasteiger charge is 2.44. The fourth-order valence-corrected chi connectivity index (χ4v) is 7.03. The molecule has 2 aromatic carbocycles. The van der Waals surface area contributed by atoms with Gasteiger partial charge in [0.1, 0.15) is 11.9 Å². The zero-order valence-corrected chi connectivity index (χ0v) is 23.8. The molecule has 0 radical (unpaired) electrons. The van der Waals surface area contributed by atoms with Crippen molar-refractivity contribution in [3.05, 3.63) is 60.2 Å². The maximum Gasteiger partial charge on any atom is 0.407 e. The molecule has 2 aromatic rings. The minimum absolute atomic E-state index is 0.0122. The number of ether oxygens (including phenoxy) is 4. The Hall–Kier alpha value is -2.38. The summed E-state index contributed by atoms with van der Waals surface area (Å²) >= 11 is -1.52. The van der Waals surface area contributed by atoms with E-state index >= 15 is 0 Å². The van der Waals surface area contributed by atoms with Crippen LogP contribution < -0.4 is 10.1 Å². The lowest BCUT2D eigenvalue weighted by atomic mass is 10.0. The number of fused-ring (bicyclic) bond motifs is 1. The van der Waals surface area contributed by atoms with Crippen molar-refractivity contribution in [2.75, 3.05) is 47.0 Å². The van der Waals surface area contributed by atoms with E-state index in [0.29, 0.717) is 30.3 Å². The third kappa shape index (κ3) is 7.09. The Bertz CT molecular complexity index is 1090. The smallest absolute Gasteiger partial charge is 0.407 e. The molecule has 3 aliphatic rings. The molecule has 0 saturated carbocycles. The summed E-state index contributed by atoms with van der Waals surface area (Å²) < 4.78 is 37.8. The summed E-state index contributed by atoms with van der Waals surface area (Å²) in [5.41, 5.74) is 0.962. The van der Waals surface area contributed by atoms with Crippen LogP contribution in [0.5, 0.6) is 5.75 Å². The first kappa shape index (κ1) is 29.1. The molecule has 2 N–H and O–H groups in total. The lowest BCUT2D eigenvalue weighted by molar-refractivity contribution is -0.0907. The Morgan fingerprint density at radius 3 is 2.67 bits per heavy atom. The summed E-state index contributed by atoms with van der Waals surface area (Å²) in [5, 5.41) is 14.5. The van der Waals surface area contributed by atoms with E-state index < -0.39 is 35.7 Å². The van der Waals surface area contributed by atoms with Crippen LogP contribution in [0.3, 0.4) is 0 Å². The second-order valence-electron chi connectivity index (χ2n) is 10.7. The van der Waals surface area contributed by atoms with E-state index in [1.807, 2.05) is 41.7 Å². The number of aliphatic hydroxyl groups is 1. The number of nitrogens with zero attached hydrogens (tertiary/aromatic N) is 2. The second kappa shape index (κ2) is 13.5. The highest BCUT2D eigenvalue weighted by Crippen LogP contribution is 2.33. The molecule has 0 spiro atoms. The summed E-state index contributed by atoms with van der Waals surface area (Å²) in [6.45, 7) is 2.60. The zero-order valence-electron chi connectivity index (χ0n) is 23.0. The molecule has 3 fully saturated rings. The van der Waals surface area contributed by atoms with Crippen LogP contribution in [0.2, 0.25) is 0 Å². The number of benzene rings is 2. The maximum absolute atomic E-state index is 13.8. The number of alkyl carbamates (subject to hydrolysis) is 1. The fourth-order valence-electron chi connectivity index (χ4n) is 5.66. The highest BCUT2D eigenvalue weighted by atomic mass is 32.2. The summed E-state index contributed by atoms with van der Waals surface area (Å²) in [7, 11) is 3.63.